The van der Waals surface area contributed by atoms with Crippen LogP contribution in [0.5, 0.6) is 5.75 Å². The van der Waals surface area contributed by atoms with Gasteiger partial charge in [0.2, 0.25) is 0 Å². The summed E-state index contributed by atoms with van der Waals surface area (Å²) in [5, 5.41) is 16.2. The minimum atomic E-state index is -0.808. The summed E-state index contributed by atoms with van der Waals surface area (Å²) >= 11 is 0. The maximum atomic E-state index is 12.5. The monoisotopic (exact) mass is 329 g/mol. The molecule has 0 radical (unpaired) electrons. The van der Waals surface area contributed by atoms with Crippen molar-refractivity contribution in [2.75, 3.05) is 7.11 Å². The van der Waals surface area contributed by atoms with Gasteiger partial charge in [0.25, 0.3) is 5.91 Å². The first-order valence-electron chi connectivity index (χ1n) is 7.81. The van der Waals surface area contributed by atoms with Gasteiger partial charge in [-0.15, -0.1) is 0 Å². The zero-order chi connectivity index (χ0) is 17.1. The van der Waals surface area contributed by atoms with Crippen molar-refractivity contribution in [3.8, 4) is 11.4 Å². The fraction of sp³-hybridized carbons (Fsp3) is 0.353. The fourth-order valence-corrected chi connectivity index (χ4v) is 2.97. The Hall–Kier alpha value is -2.83. The average Bonchev–Trinajstić information content (AvgIpc) is 3.22. The van der Waals surface area contributed by atoms with Gasteiger partial charge in [-0.25, -0.2) is 4.68 Å². The number of carboxylic acids is 1. The maximum Gasteiger partial charge on any atom is 0.306 e. The van der Waals surface area contributed by atoms with E-state index in [0.717, 1.165) is 5.69 Å². The molecule has 2 atom stereocenters. The lowest BCUT2D eigenvalue weighted by molar-refractivity contribution is -0.141. The Labute approximate surface area is 139 Å². The topological polar surface area (TPSA) is 93.5 Å². The summed E-state index contributed by atoms with van der Waals surface area (Å²) in [7, 11) is 1.49. The molecule has 1 aliphatic carbocycles. The van der Waals surface area contributed by atoms with Crippen molar-refractivity contribution in [1.29, 1.82) is 0 Å². The molecule has 7 nitrogen and oxygen atoms in total. The number of ether oxygens (including phenoxy) is 1. The van der Waals surface area contributed by atoms with Gasteiger partial charge in [0.1, 0.15) is 0 Å². The number of aliphatic carboxylic acids is 1. The van der Waals surface area contributed by atoms with E-state index in [1.165, 1.54) is 7.11 Å². The van der Waals surface area contributed by atoms with Gasteiger partial charge in [-0.3, -0.25) is 9.59 Å². The Morgan fingerprint density at radius 1 is 1.29 bits per heavy atom. The molecular formula is C17H19N3O4. The molecule has 0 aliphatic heterocycles. The largest absolute Gasteiger partial charge is 0.493 e. The van der Waals surface area contributed by atoms with E-state index in [1.54, 1.807) is 10.9 Å². The number of carbonyl (C=O) groups excluding carboxylic acids is 1. The molecule has 1 fully saturated rings. The number of nitrogens with one attached hydrogen (secondary N) is 1. The maximum absolute atomic E-state index is 12.5. The van der Waals surface area contributed by atoms with E-state index in [2.05, 4.69) is 10.4 Å². The summed E-state index contributed by atoms with van der Waals surface area (Å²) in [6.45, 7) is 0. The third-order valence-electron chi connectivity index (χ3n) is 4.25. The number of carboxylic acid groups (broad SMARTS) is 1. The highest BCUT2D eigenvalue weighted by Crippen LogP contribution is 2.26. The highest BCUT2D eigenvalue weighted by Gasteiger charge is 2.31. The quantitative estimate of drug-likeness (QED) is 0.873. The van der Waals surface area contributed by atoms with E-state index in [9.17, 15) is 9.59 Å². The molecule has 1 aliphatic rings. The predicted octanol–water partition coefficient (Wildman–Crippen LogP) is 1.86. The summed E-state index contributed by atoms with van der Waals surface area (Å²) in [5.74, 6) is -1.17. The van der Waals surface area contributed by atoms with Gasteiger partial charge in [0.05, 0.1) is 24.9 Å². The van der Waals surface area contributed by atoms with Crippen LogP contribution in [0.25, 0.3) is 5.69 Å². The molecule has 0 unspecified atom stereocenters. The Morgan fingerprint density at radius 3 is 2.67 bits per heavy atom. The van der Waals surface area contributed by atoms with Crippen LogP contribution in [0.4, 0.5) is 0 Å². The third-order valence-corrected chi connectivity index (χ3v) is 4.25. The molecule has 1 amide bonds. The fourth-order valence-electron chi connectivity index (χ4n) is 2.97. The number of carbonyl (C=O) groups is 2. The van der Waals surface area contributed by atoms with Crippen molar-refractivity contribution in [2.24, 2.45) is 5.92 Å². The summed E-state index contributed by atoms with van der Waals surface area (Å²) < 4.78 is 6.84. The lowest BCUT2D eigenvalue weighted by Gasteiger charge is -2.11. The number of aromatic nitrogens is 2. The first-order chi connectivity index (χ1) is 11.6. The number of hydrogen-bond acceptors (Lipinski definition) is 4. The van der Waals surface area contributed by atoms with Crippen LogP contribution in [0.2, 0.25) is 0 Å². The molecule has 2 aromatic rings. The van der Waals surface area contributed by atoms with Crippen LogP contribution in [0.3, 0.4) is 0 Å². The molecule has 0 saturated heterocycles. The number of para-hydroxylation sites is 1. The Bertz CT molecular complexity index is 742. The number of amides is 1. The van der Waals surface area contributed by atoms with Crippen molar-refractivity contribution in [3.63, 3.8) is 0 Å². The number of rotatable bonds is 5. The molecule has 0 spiro atoms. The minimum Gasteiger partial charge on any atom is -0.493 e. The van der Waals surface area contributed by atoms with Crippen LogP contribution in [-0.4, -0.2) is 39.9 Å². The lowest BCUT2D eigenvalue weighted by atomic mass is 10.1. The van der Waals surface area contributed by atoms with Gasteiger partial charge >= 0.3 is 5.97 Å². The van der Waals surface area contributed by atoms with Crippen molar-refractivity contribution in [1.82, 2.24) is 15.1 Å². The molecule has 126 valence electrons. The first-order valence-corrected chi connectivity index (χ1v) is 7.81. The highest BCUT2D eigenvalue weighted by molar-refractivity contribution is 5.95. The molecule has 0 bridgehead atoms. The third kappa shape index (κ3) is 3.24. The number of nitrogens with zero attached hydrogens (tertiary/aromatic N) is 2. The molecule has 1 aromatic heterocycles. The van der Waals surface area contributed by atoms with E-state index in [1.807, 2.05) is 30.3 Å². The number of benzene rings is 1. The Morgan fingerprint density at radius 2 is 2.04 bits per heavy atom. The highest BCUT2D eigenvalue weighted by atomic mass is 16.5. The van der Waals surface area contributed by atoms with Crippen LogP contribution in [0.15, 0.2) is 36.5 Å². The van der Waals surface area contributed by atoms with Gasteiger partial charge < -0.3 is 15.2 Å². The molecule has 2 N–H and O–H groups in total. The number of hydrogen-bond donors (Lipinski definition) is 2. The van der Waals surface area contributed by atoms with E-state index in [0.29, 0.717) is 25.0 Å². The number of methoxy groups -OCH3 is 1. The van der Waals surface area contributed by atoms with E-state index >= 15 is 0 Å². The molecular weight excluding hydrogens is 310 g/mol. The molecule has 3 rings (SSSR count). The average molecular weight is 329 g/mol. The molecule has 24 heavy (non-hydrogen) atoms. The second-order valence-electron chi connectivity index (χ2n) is 5.84. The summed E-state index contributed by atoms with van der Waals surface area (Å²) in [6, 6.07) is 9.27. The van der Waals surface area contributed by atoms with Crippen LogP contribution in [-0.2, 0) is 4.79 Å². The summed E-state index contributed by atoms with van der Waals surface area (Å²) in [5.41, 5.74) is 1.02. The Kier molecular flexibility index (Phi) is 4.50. The lowest BCUT2D eigenvalue weighted by Crippen LogP contribution is -2.33. The smallest absolute Gasteiger partial charge is 0.306 e. The van der Waals surface area contributed by atoms with Crippen LogP contribution in [0, 0.1) is 5.92 Å². The van der Waals surface area contributed by atoms with Gasteiger partial charge in [-0.05, 0) is 31.4 Å². The van der Waals surface area contributed by atoms with E-state index in [4.69, 9.17) is 9.84 Å². The summed E-state index contributed by atoms with van der Waals surface area (Å²) in [4.78, 5) is 23.5. The van der Waals surface area contributed by atoms with Crippen LogP contribution < -0.4 is 10.1 Å². The van der Waals surface area contributed by atoms with Gasteiger partial charge in [-0.1, -0.05) is 18.2 Å². The SMILES string of the molecule is COc1cn(-c2ccccc2)nc1C(=O)N[C@H]1CC[C@@H](C(=O)O)C1. The predicted molar refractivity (Wildman–Crippen MR) is 86.3 cm³/mol. The van der Waals surface area contributed by atoms with E-state index < -0.39 is 5.97 Å². The van der Waals surface area contributed by atoms with E-state index in [-0.39, 0.29) is 23.6 Å². The van der Waals surface area contributed by atoms with Gasteiger partial charge in [-0.2, -0.15) is 5.10 Å². The standard InChI is InChI=1S/C17H19N3O4/c1-24-14-10-20(13-5-3-2-4-6-13)19-15(14)16(21)18-12-8-7-11(9-12)17(22)23/h2-6,10-12H,7-9H2,1H3,(H,18,21)(H,22,23)/t11-,12+/m1/s1. The van der Waals surface area contributed by atoms with Crippen LogP contribution in [0.1, 0.15) is 29.8 Å². The van der Waals surface area contributed by atoms with Crippen molar-refractivity contribution in [2.45, 2.75) is 25.3 Å². The zero-order valence-corrected chi connectivity index (χ0v) is 13.3. The molecule has 1 saturated carbocycles. The normalized spacial score (nSPS) is 19.9. The second kappa shape index (κ2) is 6.74. The van der Waals surface area contributed by atoms with Crippen molar-refractivity contribution < 1.29 is 19.4 Å². The van der Waals surface area contributed by atoms with Crippen molar-refractivity contribution >= 4 is 11.9 Å². The zero-order valence-electron chi connectivity index (χ0n) is 13.3. The first kappa shape index (κ1) is 16.0. The molecule has 7 heteroatoms. The van der Waals surface area contributed by atoms with Crippen LogP contribution >= 0.6 is 0 Å². The van der Waals surface area contributed by atoms with Gasteiger partial charge in [0.15, 0.2) is 11.4 Å². The van der Waals surface area contributed by atoms with Gasteiger partial charge in [0, 0.05) is 6.04 Å². The Balaban J connectivity index is 1.75. The minimum absolute atomic E-state index is 0.148. The second-order valence-corrected chi connectivity index (χ2v) is 5.84. The summed E-state index contributed by atoms with van der Waals surface area (Å²) in [6.07, 6.45) is 3.34. The van der Waals surface area contributed by atoms with Crippen molar-refractivity contribution in [3.05, 3.63) is 42.2 Å². The molecule has 1 aromatic carbocycles. The molecule has 1 heterocycles.